The van der Waals surface area contributed by atoms with Gasteiger partial charge >= 0.3 is 0 Å². The van der Waals surface area contributed by atoms with Crippen LogP contribution in [0.5, 0.6) is 0 Å². The maximum atomic E-state index is 3.52. The summed E-state index contributed by atoms with van der Waals surface area (Å²) in [7, 11) is 0. The van der Waals surface area contributed by atoms with Crippen LogP contribution in [0.3, 0.4) is 0 Å². The van der Waals surface area contributed by atoms with Gasteiger partial charge in [0.2, 0.25) is 0 Å². The molecule has 0 nitrogen and oxygen atoms in total. The number of hydrogen-bond acceptors (Lipinski definition) is 2. The third-order valence-corrected chi connectivity index (χ3v) is 5.71. The highest BCUT2D eigenvalue weighted by Gasteiger charge is 2.06. The fraction of sp³-hybridized carbons (Fsp3) is 0.200. The zero-order chi connectivity index (χ0) is 10.1. The molecule has 1 heterocycles. The Kier molecular flexibility index (Phi) is 3.79. The highest BCUT2D eigenvalue weighted by atomic mass is 127. The topological polar surface area (TPSA) is 0 Å². The van der Waals surface area contributed by atoms with Gasteiger partial charge in [0, 0.05) is 18.5 Å². The van der Waals surface area contributed by atoms with Crippen molar-refractivity contribution in [3.8, 4) is 0 Å². The molecule has 0 saturated heterocycles. The molecule has 0 unspecified atom stereocenters. The standard InChI is InChI=1S/C10H8BrIS2/c1-13-10-2-7-6(4-11)5-14-9(7)3-8(10)12/h2-3,5H,4H2,1H3. The second-order valence-corrected chi connectivity index (χ2v) is 6.36. The number of hydrogen-bond donors (Lipinski definition) is 0. The lowest BCUT2D eigenvalue weighted by molar-refractivity contribution is 1.44. The minimum atomic E-state index is 0.946. The Hall–Kier alpha value is 0.740. The van der Waals surface area contributed by atoms with E-state index >= 15 is 0 Å². The van der Waals surface area contributed by atoms with E-state index in [9.17, 15) is 0 Å². The predicted molar refractivity (Wildman–Crippen MR) is 79.0 cm³/mol. The van der Waals surface area contributed by atoms with E-state index in [-0.39, 0.29) is 0 Å². The van der Waals surface area contributed by atoms with Crippen LogP contribution in [-0.4, -0.2) is 6.26 Å². The van der Waals surface area contributed by atoms with E-state index in [1.54, 1.807) is 0 Å². The van der Waals surface area contributed by atoms with E-state index < -0.39 is 0 Å². The average Bonchev–Trinajstić information content (AvgIpc) is 2.58. The lowest BCUT2D eigenvalue weighted by Gasteiger charge is -2.01. The maximum Gasteiger partial charge on any atom is 0.0357 e. The zero-order valence-corrected chi connectivity index (χ0v) is 12.9. The van der Waals surface area contributed by atoms with Crippen molar-refractivity contribution in [1.29, 1.82) is 0 Å². The Morgan fingerprint density at radius 3 is 2.93 bits per heavy atom. The molecule has 4 heteroatoms. The Balaban J connectivity index is 2.70. The number of thiophene rings is 1. The summed E-state index contributed by atoms with van der Waals surface area (Å²) in [5.41, 5.74) is 1.40. The van der Waals surface area contributed by atoms with Gasteiger partial charge in [0.1, 0.15) is 0 Å². The second kappa shape index (κ2) is 4.72. The van der Waals surface area contributed by atoms with Crippen molar-refractivity contribution in [2.24, 2.45) is 0 Å². The van der Waals surface area contributed by atoms with Gasteiger partial charge in [-0.15, -0.1) is 23.1 Å². The van der Waals surface area contributed by atoms with Gasteiger partial charge in [0.25, 0.3) is 0 Å². The predicted octanol–water partition coefficient (Wildman–Crippen LogP) is 5.12. The number of benzene rings is 1. The van der Waals surface area contributed by atoms with Crippen molar-refractivity contribution in [3.63, 3.8) is 0 Å². The number of fused-ring (bicyclic) bond motifs is 1. The molecule has 0 N–H and O–H groups in total. The molecule has 14 heavy (non-hydrogen) atoms. The second-order valence-electron chi connectivity index (χ2n) is 2.88. The molecule has 0 radical (unpaired) electrons. The largest absolute Gasteiger partial charge is 0.143 e. The van der Waals surface area contributed by atoms with Gasteiger partial charge in [0.05, 0.1) is 0 Å². The molecule has 1 aromatic carbocycles. The first kappa shape index (κ1) is 11.2. The van der Waals surface area contributed by atoms with Crippen molar-refractivity contribution >= 4 is 71.7 Å². The Morgan fingerprint density at radius 2 is 2.29 bits per heavy atom. The summed E-state index contributed by atoms with van der Waals surface area (Å²) < 4.78 is 2.74. The van der Waals surface area contributed by atoms with Crippen molar-refractivity contribution in [2.45, 2.75) is 10.2 Å². The molecule has 0 atom stereocenters. The molecule has 0 bridgehead atoms. The molecule has 0 aliphatic carbocycles. The van der Waals surface area contributed by atoms with Crippen LogP contribution >= 0.6 is 61.6 Å². The molecule has 0 saturated carbocycles. The molecular weight excluding hydrogens is 391 g/mol. The average molecular weight is 399 g/mol. The Bertz CT molecular complexity index is 464. The third-order valence-electron chi connectivity index (χ3n) is 2.07. The molecule has 74 valence electrons. The van der Waals surface area contributed by atoms with E-state index in [1.165, 1.54) is 24.1 Å². The van der Waals surface area contributed by atoms with Gasteiger partial charge in [-0.25, -0.2) is 0 Å². The van der Waals surface area contributed by atoms with E-state index in [0.29, 0.717) is 0 Å². The minimum Gasteiger partial charge on any atom is -0.143 e. The van der Waals surface area contributed by atoms with Crippen molar-refractivity contribution < 1.29 is 0 Å². The summed E-state index contributed by atoms with van der Waals surface area (Å²) in [5.74, 6) is 0. The van der Waals surface area contributed by atoms with E-state index in [4.69, 9.17) is 0 Å². The summed E-state index contributed by atoms with van der Waals surface area (Å²) in [4.78, 5) is 1.37. The Morgan fingerprint density at radius 1 is 1.50 bits per heavy atom. The summed E-state index contributed by atoms with van der Waals surface area (Å²) in [6, 6.07) is 4.58. The summed E-state index contributed by atoms with van der Waals surface area (Å²) in [6.45, 7) is 0. The molecule has 0 aliphatic heterocycles. The maximum absolute atomic E-state index is 3.52. The highest BCUT2D eigenvalue weighted by molar-refractivity contribution is 14.1. The number of alkyl halides is 1. The molecule has 2 aromatic rings. The highest BCUT2D eigenvalue weighted by Crippen LogP contribution is 2.34. The first-order chi connectivity index (χ1) is 6.76. The summed E-state index contributed by atoms with van der Waals surface area (Å²) in [5, 5.41) is 4.58. The van der Waals surface area contributed by atoms with Gasteiger partial charge in [-0.1, -0.05) is 15.9 Å². The SMILES string of the molecule is CSc1cc2c(CBr)csc2cc1I. The van der Waals surface area contributed by atoms with Crippen molar-refractivity contribution in [3.05, 3.63) is 26.6 Å². The third kappa shape index (κ3) is 1.99. The Labute approximate surface area is 114 Å². The molecule has 2 rings (SSSR count). The molecular formula is C10H8BrIS2. The fourth-order valence-corrected chi connectivity index (χ4v) is 4.83. The lowest BCUT2D eigenvalue weighted by Crippen LogP contribution is -1.79. The van der Waals surface area contributed by atoms with Gasteiger partial charge in [-0.2, -0.15) is 0 Å². The summed E-state index contributed by atoms with van der Waals surface area (Å²) in [6.07, 6.45) is 2.13. The van der Waals surface area contributed by atoms with Crippen molar-refractivity contribution in [1.82, 2.24) is 0 Å². The monoisotopic (exact) mass is 398 g/mol. The van der Waals surface area contributed by atoms with Crippen molar-refractivity contribution in [2.75, 3.05) is 6.26 Å². The number of rotatable bonds is 2. The molecule has 0 amide bonds. The van der Waals surface area contributed by atoms with Crippen LogP contribution in [0.25, 0.3) is 10.1 Å². The number of halogens is 2. The zero-order valence-electron chi connectivity index (χ0n) is 7.51. The van der Waals surface area contributed by atoms with E-state index in [0.717, 1.165) is 5.33 Å². The quantitative estimate of drug-likeness (QED) is 0.384. The van der Waals surface area contributed by atoms with Crippen LogP contribution in [0.15, 0.2) is 22.4 Å². The van der Waals surface area contributed by atoms with E-state index in [2.05, 4.69) is 62.3 Å². The van der Waals surface area contributed by atoms with Crippen LogP contribution in [0.1, 0.15) is 5.56 Å². The van der Waals surface area contributed by atoms with Gasteiger partial charge in [0.15, 0.2) is 0 Å². The normalized spacial score (nSPS) is 11.1. The first-order valence-electron chi connectivity index (χ1n) is 4.06. The van der Waals surface area contributed by atoms with Crippen LogP contribution in [0, 0.1) is 3.57 Å². The lowest BCUT2D eigenvalue weighted by atomic mass is 10.2. The fourth-order valence-electron chi connectivity index (χ4n) is 1.34. The van der Waals surface area contributed by atoms with E-state index in [1.807, 2.05) is 23.1 Å². The first-order valence-corrected chi connectivity index (χ1v) is 8.36. The number of thioether (sulfide) groups is 1. The van der Waals surface area contributed by atoms with Gasteiger partial charge in [-0.3, -0.25) is 0 Å². The molecule has 0 spiro atoms. The van der Waals surface area contributed by atoms with Crippen LogP contribution in [0.4, 0.5) is 0 Å². The summed E-state index contributed by atoms with van der Waals surface area (Å²) >= 11 is 9.57. The van der Waals surface area contributed by atoms with Gasteiger partial charge in [-0.05, 0) is 57.3 Å². The smallest absolute Gasteiger partial charge is 0.0357 e. The molecule has 0 aliphatic rings. The van der Waals surface area contributed by atoms with Crippen LogP contribution in [0.2, 0.25) is 0 Å². The molecule has 1 aromatic heterocycles. The van der Waals surface area contributed by atoms with Crippen LogP contribution in [-0.2, 0) is 5.33 Å². The van der Waals surface area contributed by atoms with Gasteiger partial charge < -0.3 is 0 Å². The molecule has 0 fully saturated rings. The van der Waals surface area contributed by atoms with Crippen LogP contribution < -0.4 is 0 Å². The minimum absolute atomic E-state index is 0.946.